The van der Waals surface area contributed by atoms with Crippen molar-refractivity contribution in [2.45, 2.75) is 46.6 Å². The largest absolute Gasteiger partial charge is 0.464 e. The Kier molecular flexibility index (Phi) is 5.90. The minimum Gasteiger partial charge on any atom is -0.464 e. The Morgan fingerprint density at radius 3 is 2.67 bits per heavy atom. The van der Waals surface area contributed by atoms with Crippen LogP contribution in [0.15, 0.2) is 69.4 Å². The molecule has 0 spiro atoms. The number of ether oxygens (including phenoxy) is 3. The van der Waals surface area contributed by atoms with Crippen LogP contribution in [0.3, 0.4) is 0 Å². The van der Waals surface area contributed by atoms with E-state index in [1.165, 1.54) is 13.2 Å². The smallest absolute Gasteiger partial charge is 0.376 e. The zero-order valence-corrected chi connectivity index (χ0v) is 18.3. The van der Waals surface area contributed by atoms with E-state index in [4.69, 9.17) is 25.8 Å². The number of Topliss-reactive ketones (excluding diaryl/α,β-unsaturated/α-hetero) is 1. The molecular weight excluding hydrogens is 408 g/mol. The molecule has 0 N–H and O–H groups in total. The quantitative estimate of drug-likeness (QED) is 0.470. The van der Waals surface area contributed by atoms with E-state index in [2.05, 4.69) is 19.9 Å². The van der Waals surface area contributed by atoms with Crippen LogP contribution in [0.25, 0.3) is 0 Å². The molecule has 3 rings (SSSR count). The standard InChI is InChI=1S/C23H23ClO6/c1-6-12(2)9-13(3)7-8-15-10-16-17(11-28-15)18-20(29-14(4)25)22(27)30-23(18,5)21(26)19(16)24/h7-12H,6H2,1-5H3/b8-7+,13-9+/t12-,23-/m1/s1. The summed E-state index contributed by atoms with van der Waals surface area (Å²) in [5.74, 6) is -1.58. The first-order valence-electron chi connectivity index (χ1n) is 9.65. The van der Waals surface area contributed by atoms with Crippen molar-refractivity contribution in [1.82, 2.24) is 0 Å². The van der Waals surface area contributed by atoms with E-state index in [1.807, 2.05) is 13.0 Å². The van der Waals surface area contributed by atoms with Crippen LogP contribution in [-0.4, -0.2) is 23.3 Å². The van der Waals surface area contributed by atoms with Crippen LogP contribution < -0.4 is 0 Å². The van der Waals surface area contributed by atoms with Crippen molar-refractivity contribution < 1.29 is 28.6 Å². The highest BCUT2D eigenvalue weighted by molar-refractivity contribution is 6.46. The van der Waals surface area contributed by atoms with E-state index in [-0.39, 0.29) is 16.4 Å². The molecule has 2 aliphatic heterocycles. The van der Waals surface area contributed by atoms with Gasteiger partial charge in [0.15, 0.2) is 0 Å². The molecule has 0 bridgehead atoms. The van der Waals surface area contributed by atoms with E-state index in [9.17, 15) is 14.4 Å². The van der Waals surface area contributed by atoms with Gasteiger partial charge in [-0.1, -0.05) is 49.6 Å². The lowest BCUT2D eigenvalue weighted by atomic mass is 9.77. The second-order valence-electron chi connectivity index (χ2n) is 7.60. The summed E-state index contributed by atoms with van der Waals surface area (Å²) < 4.78 is 16.0. The Morgan fingerprint density at radius 2 is 2.03 bits per heavy atom. The number of allylic oxidation sites excluding steroid dienone is 6. The molecule has 0 radical (unpaired) electrons. The van der Waals surface area contributed by atoms with Crippen LogP contribution in [0.1, 0.15) is 41.0 Å². The minimum absolute atomic E-state index is 0.0783. The topological polar surface area (TPSA) is 78.9 Å². The summed E-state index contributed by atoms with van der Waals surface area (Å²) in [7, 11) is 0. The average Bonchev–Trinajstić information content (AvgIpc) is 2.94. The van der Waals surface area contributed by atoms with Gasteiger partial charge in [0.1, 0.15) is 5.76 Å². The first-order chi connectivity index (χ1) is 14.1. The number of ketones is 1. The van der Waals surface area contributed by atoms with Gasteiger partial charge in [0, 0.05) is 18.1 Å². The molecule has 2 heterocycles. The molecule has 2 atom stereocenters. The van der Waals surface area contributed by atoms with Crippen molar-refractivity contribution in [1.29, 1.82) is 0 Å². The van der Waals surface area contributed by atoms with Gasteiger partial charge in [0.05, 0.1) is 16.9 Å². The predicted octanol–water partition coefficient (Wildman–Crippen LogP) is 4.54. The second-order valence-corrected chi connectivity index (χ2v) is 7.98. The van der Waals surface area contributed by atoms with E-state index in [0.29, 0.717) is 22.8 Å². The van der Waals surface area contributed by atoms with Crippen molar-refractivity contribution in [2.24, 2.45) is 5.92 Å². The van der Waals surface area contributed by atoms with Crippen molar-refractivity contribution >= 4 is 29.3 Å². The number of hydrogen-bond donors (Lipinski definition) is 0. The lowest BCUT2D eigenvalue weighted by molar-refractivity contribution is -0.156. The highest BCUT2D eigenvalue weighted by atomic mass is 35.5. The maximum Gasteiger partial charge on any atom is 0.376 e. The molecule has 7 heteroatoms. The van der Waals surface area contributed by atoms with Crippen LogP contribution in [0.4, 0.5) is 0 Å². The van der Waals surface area contributed by atoms with Gasteiger partial charge in [-0.15, -0.1) is 0 Å². The Morgan fingerprint density at radius 1 is 1.33 bits per heavy atom. The molecule has 30 heavy (non-hydrogen) atoms. The second kappa shape index (κ2) is 8.11. The molecular formula is C23H23ClO6. The summed E-state index contributed by atoms with van der Waals surface area (Å²) in [5, 5.41) is -0.0783. The summed E-state index contributed by atoms with van der Waals surface area (Å²) in [5.41, 5.74) is 0.290. The first-order valence-corrected chi connectivity index (χ1v) is 10.0. The molecule has 6 nitrogen and oxygen atoms in total. The molecule has 0 aromatic rings. The van der Waals surface area contributed by atoms with Gasteiger partial charge in [0.25, 0.3) is 0 Å². The van der Waals surface area contributed by atoms with E-state index < -0.39 is 23.3 Å². The highest BCUT2D eigenvalue weighted by Gasteiger charge is 2.57. The molecule has 1 aliphatic carbocycles. The van der Waals surface area contributed by atoms with Crippen LogP contribution in [0, 0.1) is 5.92 Å². The molecule has 0 amide bonds. The van der Waals surface area contributed by atoms with Crippen molar-refractivity contribution in [2.75, 3.05) is 0 Å². The minimum atomic E-state index is -1.67. The summed E-state index contributed by atoms with van der Waals surface area (Å²) in [6, 6.07) is 0. The van der Waals surface area contributed by atoms with E-state index >= 15 is 0 Å². The van der Waals surface area contributed by atoms with Gasteiger partial charge in [-0.2, -0.15) is 0 Å². The third-order valence-corrected chi connectivity index (χ3v) is 5.54. The number of hydrogen-bond acceptors (Lipinski definition) is 6. The van der Waals surface area contributed by atoms with Gasteiger partial charge in [0.2, 0.25) is 17.1 Å². The monoisotopic (exact) mass is 430 g/mol. The van der Waals surface area contributed by atoms with Gasteiger partial charge in [-0.25, -0.2) is 4.79 Å². The van der Waals surface area contributed by atoms with E-state index in [0.717, 1.165) is 18.9 Å². The van der Waals surface area contributed by atoms with Gasteiger partial charge in [-0.3, -0.25) is 9.59 Å². The van der Waals surface area contributed by atoms with Crippen LogP contribution in [-0.2, 0) is 28.6 Å². The number of carbonyl (C=O) groups is 3. The zero-order chi connectivity index (χ0) is 22.2. The molecule has 0 fully saturated rings. The van der Waals surface area contributed by atoms with Gasteiger partial charge in [-0.05, 0) is 31.9 Å². The van der Waals surface area contributed by atoms with Gasteiger partial charge >= 0.3 is 11.9 Å². The Bertz CT molecular complexity index is 1020. The fourth-order valence-electron chi connectivity index (χ4n) is 3.45. The fourth-order valence-corrected chi connectivity index (χ4v) is 3.79. The third kappa shape index (κ3) is 3.79. The number of fused-ring (bicyclic) bond motifs is 3. The van der Waals surface area contributed by atoms with Crippen molar-refractivity contribution in [3.63, 3.8) is 0 Å². The summed E-state index contributed by atoms with van der Waals surface area (Å²) in [4.78, 5) is 36.7. The van der Waals surface area contributed by atoms with Crippen LogP contribution in [0.5, 0.6) is 0 Å². The summed E-state index contributed by atoms with van der Waals surface area (Å²) >= 11 is 6.35. The summed E-state index contributed by atoms with van der Waals surface area (Å²) in [6.07, 6.45) is 9.88. The SMILES string of the molecule is CC[C@@H](C)/C=C(C)/C=C/C1=CC2=C(Cl)C(=O)[C@]3(C)OC(=O)C(OC(C)=O)=C3C2=CO1. The maximum atomic E-state index is 12.9. The highest BCUT2D eigenvalue weighted by Crippen LogP contribution is 2.49. The normalized spacial score (nSPS) is 24.8. The molecule has 3 aliphatic rings. The zero-order valence-electron chi connectivity index (χ0n) is 17.5. The lowest BCUT2D eigenvalue weighted by Gasteiger charge is -2.32. The Labute approximate surface area is 180 Å². The lowest BCUT2D eigenvalue weighted by Crippen LogP contribution is -2.42. The van der Waals surface area contributed by atoms with Crippen LogP contribution >= 0.6 is 11.6 Å². The molecule has 0 saturated heterocycles. The Balaban J connectivity index is 2.03. The molecule has 0 unspecified atom stereocenters. The molecule has 0 saturated carbocycles. The Hall–Kier alpha value is -2.86. The average molecular weight is 431 g/mol. The molecule has 0 aromatic heterocycles. The fraction of sp³-hybridized carbons (Fsp3) is 0.348. The van der Waals surface area contributed by atoms with Gasteiger partial charge < -0.3 is 14.2 Å². The van der Waals surface area contributed by atoms with Crippen molar-refractivity contribution in [3.8, 4) is 0 Å². The first kappa shape index (κ1) is 21.8. The van der Waals surface area contributed by atoms with Crippen molar-refractivity contribution in [3.05, 3.63) is 69.4 Å². The maximum absolute atomic E-state index is 12.9. The summed E-state index contributed by atoms with van der Waals surface area (Å²) in [6.45, 7) is 8.83. The van der Waals surface area contributed by atoms with E-state index in [1.54, 1.807) is 12.2 Å². The number of halogens is 1. The number of rotatable bonds is 5. The number of carbonyl (C=O) groups excluding carboxylic acids is 3. The molecule has 0 aromatic carbocycles. The molecule has 158 valence electrons. The van der Waals surface area contributed by atoms with Crippen LogP contribution in [0.2, 0.25) is 0 Å². The third-order valence-electron chi connectivity index (χ3n) is 5.16. The predicted molar refractivity (Wildman–Crippen MR) is 111 cm³/mol. The number of esters is 2.